The summed E-state index contributed by atoms with van der Waals surface area (Å²) in [4.78, 5) is 0. The first kappa shape index (κ1) is 10.9. The van der Waals surface area contributed by atoms with Gasteiger partial charge in [0.15, 0.2) is 0 Å². The molecule has 0 fully saturated rings. The SMILES string of the molecule is [CH2-]C=CCC1CC=CCN1.[Li+]. The van der Waals surface area contributed by atoms with Crippen molar-refractivity contribution in [2.24, 2.45) is 0 Å². The zero-order chi connectivity index (χ0) is 7.23. The average molecular weight is 143 g/mol. The molecule has 0 aliphatic carbocycles. The molecule has 1 N–H and O–H groups in total. The number of rotatable bonds is 2. The van der Waals surface area contributed by atoms with E-state index in [2.05, 4.69) is 30.5 Å². The van der Waals surface area contributed by atoms with Crippen LogP contribution in [-0.4, -0.2) is 12.6 Å². The van der Waals surface area contributed by atoms with Crippen molar-refractivity contribution in [1.29, 1.82) is 0 Å². The van der Waals surface area contributed by atoms with Gasteiger partial charge in [-0.05, 0) is 12.5 Å². The Kier molecular flexibility index (Phi) is 6.55. The molecule has 0 saturated carbocycles. The minimum atomic E-state index is 0. The second kappa shape index (κ2) is 6.61. The van der Waals surface area contributed by atoms with Gasteiger partial charge in [-0.15, -0.1) is 0 Å². The van der Waals surface area contributed by atoms with Crippen LogP contribution >= 0.6 is 0 Å². The monoisotopic (exact) mass is 143 g/mol. The van der Waals surface area contributed by atoms with Crippen molar-refractivity contribution < 1.29 is 18.9 Å². The van der Waals surface area contributed by atoms with Gasteiger partial charge in [0.1, 0.15) is 0 Å². The quantitative estimate of drug-likeness (QED) is 0.287. The van der Waals surface area contributed by atoms with Gasteiger partial charge in [-0.1, -0.05) is 18.6 Å². The first-order valence-corrected chi connectivity index (χ1v) is 3.76. The Hall–Kier alpha value is -0.0926. The Labute approximate surface area is 81.1 Å². The van der Waals surface area contributed by atoms with Crippen LogP contribution in [0.3, 0.4) is 0 Å². The molecular formula is C9H14LiN. The minimum absolute atomic E-state index is 0. The molecular weight excluding hydrogens is 129 g/mol. The van der Waals surface area contributed by atoms with Crippen molar-refractivity contribution in [3.63, 3.8) is 0 Å². The largest absolute Gasteiger partial charge is 1.00 e. The molecule has 1 rings (SSSR count). The van der Waals surface area contributed by atoms with E-state index in [0.29, 0.717) is 6.04 Å². The third-order valence-corrected chi connectivity index (χ3v) is 1.70. The van der Waals surface area contributed by atoms with E-state index in [-0.39, 0.29) is 18.9 Å². The predicted octanol–water partition coefficient (Wildman–Crippen LogP) is -1.31. The van der Waals surface area contributed by atoms with Gasteiger partial charge in [-0.3, -0.25) is 0 Å². The van der Waals surface area contributed by atoms with E-state index in [1.165, 1.54) is 0 Å². The van der Waals surface area contributed by atoms with Gasteiger partial charge in [-0.25, -0.2) is 19.1 Å². The van der Waals surface area contributed by atoms with E-state index in [0.717, 1.165) is 19.4 Å². The molecule has 0 aromatic carbocycles. The second-order valence-corrected chi connectivity index (χ2v) is 2.52. The Morgan fingerprint density at radius 2 is 2.36 bits per heavy atom. The average Bonchev–Trinajstić information content (AvgIpc) is 2.03. The summed E-state index contributed by atoms with van der Waals surface area (Å²) in [7, 11) is 0. The molecule has 1 atom stereocenters. The summed E-state index contributed by atoms with van der Waals surface area (Å²) < 4.78 is 0. The summed E-state index contributed by atoms with van der Waals surface area (Å²) in [5, 5.41) is 3.39. The Morgan fingerprint density at radius 3 is 2.91 bits per heavy atom. The number of allylic oxidation sites excluding steroid dienone is 1. The summed E-state index contributed by atoms with van der Waals surface area (Å²) >= 11 is 0. The fraction of sp³-hybridized carbons (Fsp3) is 0.444. The van der Waals surface area contributed by atoms with Crippen molar-refractivity contribution >= 4 is 0 Å². The van der Waals surface area contributed by atoms with Crippen molar-refractivity contribution in [1.82, 2.24) is 5.32 Å². The second-order valence-electron chi connectivity index (χ2n) is 2.52. The van der Waals surface area contributed by atoms with Crippen LogP contribution in [-0.2, 0) is 0 Å². The maximum Gasteiger partial charge on any atom is 1.00 e. The van der Waals surface area contributed by atoms with Gasteiger partial charge in [0.25, 0.3) is 0 Å². The summed E-state index contributed by atoms with van der Waals surface area (Å²) in [5.41, 5.74) is 0. The van der Waals surface area contributed by atoms with Crippen LogP contribution < -0.4 is 24.2 Å². The van der Waals surface area contributed by atoms with Gasteiger partial charge >= 0.3 is 18.9 Å². The maximum absolute atomic E-state index is 3.64. The third kappa shape index (κ3) is 4.37. The normalized spacial score (nSPS) is 23.5. The van der Waals surface area contributed by atoms with E-state index in [1.807, 2.05) is 6.08 Å². The molecule has 0 amide bonds. The van der Waals surface area contributed by atoms with Gasteiger partial charge < -0.3 is 5.32 Å². The molecule has 0 saturated heterocycles. The first-order chi connectivity index (χ1) is 4.93. The van der Waals surface area contributed by atoms with Gasteiger partial charge in [-0.2, -0.15) is 0 Å². The van der Waals surface area contributed by atoms with Crippen LogP contribution in [0.4, 0.5) is 0 Å². The molecule has 56 valence electrons. The fourth-order valence-electron chi connectivity index (χ4n) is 1.10. The molecule has 1 heterocycles. The predicted molar refractivity (Wildman–Crippen MR) is 44.7 cm³/mol. The van der Waals surface area contributed by atoms with Crippen LogP contribution in [0.15, 0.2) is 24.3 Å². The van der Waals surface area contributed by atoms with Crippen molar-refractivity contribution in [2.75, 3.05) is 6.54 Å². The fourth-order valence-corrected chi connectivity index (χ4v) is 1.10. The van der Waals surface area contributed by atoms with Crippen LogP contribution in [0.1, 0.15) is 12.8 Å². The Morgan fingerprint density at radius 1 is 1.55 bits per heavy atom. The number of hydrogen-bond donors (Lipinski definition) is 1. The Bertz CT molecular complexity index is 140. The van der Waals surface area contributed by atoms with Gasteiger partial charge in [0.2, 0.25) is 0 Å². The van der Waals surface area contributed by atoms with E-state index >= 15 is 0 Å². The summed E-state index contributed by atoms with van der Waals surface area (Å²) in [6.07, 6.45) is 10.6. The molecule has 0 aromatic rings. The van der Waals surface area contributed by atoms with Gasteiger partial charge in [0, 0.05) is 6.54 Å². The van der Waals surface area contributed by atoms with E-state index < -0.39 is 0 Å². The standard InChI is InChI=1S/C9H14N.Li/c1-2-3-6-9-7-4-5-8-10-9;/h2-5,9-10H,1,6-8H2;/q-1;+1. The molecule has 1 nitrogen and oxygen atoms in total. The first-order valence-electron chi connectivity index (χ1n) is 3.76. The van der Waals surface area contributed by atoms with Crippen LogP contribution in [0.5, 0.6) is 0 Å². The number of nitrogens with one attached hydrogen (secondary N) is 1. The molecule has 2 heteroatoms. The molecule has 0 aromatic heterocycles. The van der Waals surface area contributed by atoms with Crippen molar-refractivity contribution in [3.05, 3.63) is 31.2 Å². The topological polar surface area (TPSA) is 12.0 Å². The molecule has 1 aliphatic heterocycles. The van der Waals surface area contributed by atoms with E-state index in [4.69, 9.17) is 0 Å². The maximum atomic E-state index is 3.64. The summed E-state index contributed by atoms with van der Waals surface area (Å²) in [6, 6.07) is 0.642. The van der Waals surface area contributed by atoms with E-state index in [9.17, 15) is 0 Å². The Balaban J connectivity index is 0.000001000. The van der Waals surface area contributed by atoms with E-state index in [1.54, 1.807) is 0 Å². The summed E-state index contributed by atoms with van der Waals surface area (Å²) in [5.74, 6) is 0. The molecule has 0 radical (unpaired) electrons. The molecule has 0 bridgehead atoms. The minimum Gasteiger partial charge on any atom is -0.311 e. The van der Waals surface area contributed by atoms with Crippen LogP contribution in [0.25, 0.3) is 0 Å². The smallest absolute Gasteiger partial charge is 0.311 e. The molecule has 1 aliphatic rings. The van der Waals surface area contributed by atoms with Crippen molar-refractivity contribution in [2.45, 2.75) is 18.9 Å². The number of hydrogen-bond acceptors (Lipinski definition) is 1. The molecule has 1 unspecified atom stereocenters. The van der Waals surface area contributed by atoms with Crippen molar-refractivity contribution in [3.8, 4) is 0 Å². The zero-order valence-corrected chi connectivity index (χ0v) is 7.22. The summed E-state index contributed by atoms with van der Waals surface area (Å²) in [6.45, 7) is 4.67. The van der Waals surface area contributed by atoms with Crippen LogP contribution in [0, 0.1) is 6.92 Å². The zero-order valence-electron chi connectivity index (χ0n) is 7.22. The molecule has 11 heavy (non-hydrogen) atoms. The third-order valence-electron chi connectivity index (χ3n) is 1.70. The van der Waals surface area contributed by atoms with Gasteiger partial charge in [0.05, 0.1) is 0 Å². The molecule has 0 spiro atoms. The van der Waals surface area contributed by atoms with Crippen LogP contribution in [0.2, 0.25) is 0 Å².